The van der Waals surface area contributed by atoms with Gasteiger partial charge in [0.2, 0.25) is 5.91 Å². The molecule has 0 radical (unpaired) electrons. The number of ether oxygens (including phenoxy) is 1. The number of hydrogen-bond acceptors (Lipinski definition) is 2. The second-order valence-electron chi connectivity index (χ2n) is 6.46. The molecule has 0 aliphatic carbocycles. The van der Waals surface area contributed by atoms with E-state index in [0.29, 0.717) is 6.61 Å². The molecule has 1 saturated heterocycles. The van der Waals surface area contributed by atoms with Crippen LogP contribution in [0.4, 0.5) is 0 Å². The van der Waals surface area contributed by atoms with Crippen LogP contribution >= 0.6 is 0 Å². The Bertz CT molecular complexity index is 722. The first-order chi connectivity index (χ1) is 11.3. The zero-order chi connectivity index (χ0) is 15.8. The molecule has 2 aromatic rings. The van der Waals surface area contributed by atoms with Crippen molar-refractivity contribution < 1.29 is 9.53 Å². The molecular weight excluding hydrogens is 288 g/mol. The first-order valence-electron chi connectivity index (χ1n) is 8.39. The summed E-state index contributed by atoms with van der Waals surface area (Å²) in [6, 6.07) is 12.4. The average molecular weight is 310 g/mol. The van der Waals surface area contributed by atoms with E-state index in [1.54, 1.807) is 0 Å². The summed E-state index contributed by atoms with van der Waals surface area (Å²) >= 11 is 0. The van der Waals surface area contributed by atoms with E-state index in [4.69, 9.17) is 4.74 Å². The van der Waals surface area contributed by atoms with Crippen molar-refractivity contribution in [3.63, 3.8) is 0 Å². The Balaban J connectivity index is 1.63. The molecule has 1 aromatic heterocycles. The molecule has 0 spiro atoms. The van der Waals surface area contributed by atoms with E-state index in [-0.39, 0.29) is 17.9 Å². The molecule has 2 atom stereocenters. The number of aryl methyl sites for hydroxylation is 1. The van der Waals surface area contributed by atoms with Crippen molar-refractivity contribution in [3.8, 4) is 5.75 Å². The summed E-state index contributed by atoms with van der Waals surface area (Å²) in [5.74, 6) is 1.05. The minimum absolute atomic E-state index is 0.0687. The van der Waals surface area contributed by atoms with Gasteiger partial charge < -0.3 is 14.2 Å². The zero-order valence-electron chi connectivity index (χ0n) is 13.4. The van der Waals surface area contributed by atoms with E-state index in [9.17, 15) is 4.79 Å². The van der Waals surface area contributed by atoms with Gasteiger partial charge in [0.05, 0.1) is 18.6 Å². The second kappa shape index (κ2) is 5.76. The molecule has 4 heteroatoms. The SMILES string of the molecule is Cn1cccc1[C@H]1CCCN1C(=O)[C@H]1CCOc2ccccc21. The lowest BCUT2D eigenvalue weighted by Gasteiger charge is -2.32. The molecule has 0 unspecified atom stereocenters. The van der Waals surface area contributed by atoms with Crippen LogP contribution in [0.2, 0.25) is 0 Å². The van der Waals surface area contributed by atoms with Crippen molar-refractivity contribution in [2.24, 2.45) is 7.05 Å². The normalized spacial score (nSPS) is 23.4. The maximum atomic E-state index is 13.2. The molecular formula is C19H22N2O2. The largest absolute Gasteiger partial charge is 0.493 e. The van der Waals surface area contributed by atoms with Gasteiger partial charge in [-0.1, -0.05) is 18.2 Å². The molecule has 1 aromatic carbocycles. The third-order valence-electron chi connectivity index (χ3n) is 5.12. The summed E-state index contributed by atoms with van der Waals surface area (Å²) in [5.41, 5.74) is 2.28. The van der Waals surface area contributed by atoms with Crippen LogP contribution in [0.5, 0.6) is 5.75 Å². The van der Waals surface area contributed by atoms with E-state index >= 15 is 0 Å². The quantitative estimate of drug-likeness (QED) is 0.853. The molecule has 0 N–H and O–H groups in total. The van der Waals surface area contributed by atoms with Crippen molar-refractivity contribution in [2.75, 3.05) is 13.2 Å². The van der Waals surface area contributed by atoms with E-state index in [0.717, 1.165) is 37.1 Å². The number of aromatic nitrogens is 1. The lowest BCUT2D eigenvalue weighted by atomic mass is 9.91. The number of nitrogens with zero attached hydrogens (tertiary/aromatic N) is 2. The van der Waals surface area contributed by atoms with Crippen molar-refractivity contribution in [3.05, 3.63) is 53.9 Å². The van der Waals surface area contributed by atoms with E-state index in [1.807, 2.05) is 24.3 Å². The van der Waals surface area contributed by atoms with Gasteiger partial charge in [-0.15, -0.1) is 0 Å². The Kier molecular flexibility index (Phi) is 3.60. The fourth-order valence-corrected chi connectivity index (χ4v) is 3.96. The number of amides is 1. The van der Waals surface area contributed by atoms with Crippen molar-refractivity contribution in [1.82, 2.24) is 9.47 Å². The standard InChI is InChI=1S/C19H22N2O2/c1-20-11-4-7-16(20)17-8-5-12-21(17)19(22)15-10-13-23-18-9-3-2-6-14(15)18/h2-4,6-7,9,11,15,17H,5,8,10,12-13H2,1H3/t15-,17+/m0/s1. The highest BCUT2D eigenvalue weighted by Crippen LogP contribution is 2.39. The lowest BCUT2D eigenvalue weighted by Crippen LogP contribution is -2.37. The highest BCUT2D eigenvalue weighted by atomic mass is 16.5. The molecule has 2 aliphatic rings. The number of para-hydroxylation sites is 1. The van der Waals surface area contributed by atoms with E-state index < -0.39 is 0 Å². The van der Waals surface area contributed by atoms with Gasteiger partial charge in [-0.05, 0) is 37.5 Å². The van der Waals surface area contributed by atoms with Crippen LogP contribution < -0.4 is 4.74 Å². The first-order valence-corrected chi connectivity index (χ1v) is 8.39. The summed E-state index contributed by atoms with van der Waals surface area (Å²) in [4.78, 5) is 15.3. The van der Waals surface area contributed by atoms with Gasteiger partial charge in [-0.2, -0.15) is 0 Å². The summed E-state index contributed by atoms with van der Waals surface area (Å²) in [6.07, 6.45) is 4.95. The van der Waals surface area contributed by atoms with Gasteiger partial charge in [0.1, 0.15) is 5.75 Å². The van der Waals surface area contributed by atoms with Crippen LogP contribution in [-0.4, -0.2) is 28.5 Å². The topological polar surface area (TPSA) is 34.5 Å². The van der Waals surface area contributed by atoms with E-state index in [2.05, 4.69) is 34.8 Å². The summed E-state index contributed by atoms with van der Waals surface area (Å²) in [5, 5.41) is 0. The van der Waals surface area contributed by atoms with E-state index in [1.165, 1.54) is 5.69 Å². The Morgan fingerprint density at radius 3 is 2.87 bits per heavy atom. The van der Waals surface area contributed by atoms with Gasteiger partial charge in [-0.25, -0.2) is 0 Å². The minimum Gasteiger partial charge on any atom is -0.493 e. The molecule has 1 fully saturated rings. The van der Waals surface area contributed by atoms with Gasteiger partial charge in [-0.3, -0.25) is 4.79 Å². The van der Waals surface area contributed by atoms with Crippen LogP contribution in [0.15, 0.2) is 42.6 Å². The predicted octanol–water partition coefficient (Wildman–Crippen LogP) is 3.25. The minimum atomic E-state index is -0.0687. The van der Waals surface area contributed by atoms with Gasteiger partial charge in [0.15, 0.2) is 0 Å². The molecule has 0 bridgehead atoms. The fourth-order valence-electron chi connectivity index (χ4n) is 3.96. The monoisotopic (exact) mass is 310 g/mol. The maximum Gasteiger partial charge on any atom is 0.230 e. The van der Waals surface area contributed by atoms with Gasteiger partial charge in [0.25, 0.3) is 0 Å². The second-order valence-corrected chi connectivity index (χ2v) is 6.46. The van der Waals surface area contributed by atoms with Gasteiger partial charge >= 0.3 is 0 Å². The highest BCUT2D eigenvalue weighted by Gasteiger charge is 2.37. The fraction of sp³-hybridized carbons (Fsp3) is 0.421. The number of likely N-dealkylation sites (tertiary alicyclic amines) is 1. The first kappa shape index (κ1) is 14.4. The number of rotatable bonds is 2. The molecule has 2 aliphatic heterocycles. The van der Waals surface area contributed by atoms with Crippen molar-refractivity contribution in [1.29, 1.82) is 0 Å². The number of hydrogen-bond donors (Lipinski definition) is 0. The third-order valence-corrected chi connectivity index (χ3v) is 5.12. The van der Waals surface area contributed by atoms with Crippen LogP contribution in [0, 0.1) is 0 Å². The molecule has 1 amide bonds. The molecule has 23 heavy (non-hydrogen) atoms. The molecule has 4 nitrogen and oxygen atoms in total. The Hall–Kier alpha value is -2.23. The number of carbonyl (C=O) groups is 1. The third kappa shape index (κ3) is 2.42. The predicted molar refractivity (Wildman–Crippen MR) is 88.4 cm³/mol. The van der Waals surface area contributed by atoms with Crippen LogP contribution in [0.1, 0.15) is 42.5 Å². The molecule has 3 heterocycles. The summed E-state index contributed by atoms with van der Waals surface area (Å²) in [6.45, 7) is 1.48. The summed E-state index contributed by atoms with van der Waals surface area (Å²) < 4.78 is 7.84. The zero-order valence-corrected chi connectivity index (χ0v) is 13.4. The molecule has 4 rings (SSSR count). The highest BCUT2D eigenvalue weighted by molar-refractivity contribution is 5.85. The van der Waals surface area contributed by atoms with Crippen LogP contribution in [0.3, 0.4) is 0 Å². The lowest BCUT2D eigenvalue weighted by molar-refractivity contribution is -0.134. The summed E-state index contributed by atoms with van der Waals surface area (Å²) in [7, 11) is 2.06. The van der Waals surface area contributed by atoms with Crippen molar-refractivity contribution >= 4 is 5.91 Å². The van der Waals surface area contributed by atoms with Crippen LogP contribution in [0.25, 0.3) is 0 Å². The smallest absolute Gasteiger partial charge is 0.230 e. The number of benzene rings is 1. The number of fused-ring (bicyclic) bond motifs is 1. The Morgan fingerprint density at radius 2 is 2.04 bits per heavy atom. The van der Waals surface area contributed by atoms with Gasteiger partial charge in [0, 0.05) is 31.0 Å². The maximum absolute atomic E-state index is 13.2. The molecule has 0 saturated carbocycles. The number of carbonyl (C=O) groups excluding carboxylic acids is 1. The van der Waals surface area contributed by atoms with Crippen molar-refractivity contribution in [2.45, 2.75) is 31.2 Å². The Labute approximate surface area is 136 Å². The van der Waals surface area contributed by atoms with Crippen LogP contribution in [-0.2, 0) is 11.8 Å². The Morgan fingerprint density at radius 1 is 1.17 bits per heavy atom. The average Bonchev–Trinajstić information content (AvgIpc) is 3.22. The molecule has 120 valence electrons.